The molecule has 0 aliphatic heterocycles. The van der Waals surface area contributed by atoms with E-state index in [1.165, 1.54) is 0 Å². The van der Waals surface area contributed by atoms with Gasteiger partial charge in [-0.25, -0.2) is 4.98 Å². The van der Waals surface area contributed by atoms with Gasteiger partial charge in [0.25, 0.3) is 0 Å². The number of aryl methyl sites for hydroxylation is 1. The molecule has 0 fully saturated rings. The number of anilines is 1. The number of rotatable bonds is 10. The SMILES string of the molecule is CN(C)c1ccc(-c2nc(CCCCCCC(=O)O)oc2-c2cccnc2)cc1. The van der Waals surface area contributed by atoms with Crippen LogP contribution in [0.3, 0.4) is 0 Å². The second-order valence-electron chi connectivity index (χ2n) is 7.28. The first-order chi connectivity index (χ1) is 14.0. The number of carbonyl (C=O) groups is 1. The molecule has 3 rings (SSSR count). The smallest absolute Gasteiger partial charge is 0.303 e. The van der Waals surface area contributed by atoms with E-state index in [0.29, 0.717) is 12.3 Å². The molecule has 2 aromatic heterocycles. The second kappa shape index (κ2) is 9.87. The summed E-state index contributed by atoms with van der Waals surface area (Å²) in [5.74, 6) is 0.703. The zero-order chi connectivity index (χ0) is 20.6. The Morgan fingerprint density at radius 3 is 2.45 bits per heavy atom. The summed E-state index contributed by atoms with van der Waals surface area (Å²) >= 11 is 0. The average Bonchev–Trinajstić information content (AvgIpc) is 3.15. The molecule has 2 heterocycles. The number of carboxylic acids is 1. The number of aliphatic carboxylic acids is 1. The number of hydrogen-bond donors (Lipinski definition) is 1. The minimum Gasteiger partial charge on any atom is -0.481 e. The Bertz CT molecular complexity index is 918. The summed E-state index contributed by atoms with van der Waals surface area (Å²) in [6.45, 7) is 0. The molecule has 0 aliphatic rings. The third-order valence-corrected chi connectivity index (χ3v) is 4.78. The van der Waals surface area contributed by atoms with Gasteiger partial charge < -0.3 is 14.4 Å². The van der Waals surface area contributed by atoms with Crippen molar-refractivity contribution in [3.8, 4) is 22.6 Å². The minimum absolute atomic E-state index is 0.233. The van der Waals surface area contributed by atoms with Gasteiger partial charge >= 0.3 is 5.97 Å². The highest BCUT2D eigenvalue weighted by Gasteiger charge is 2.17. The van der Waals surface area contributed by atoms with Crippen LogP contribution in [0.5, 0.6) is 0 Å². The normalized spacial score (nSPS) is 10.8. The summed E-state index contributed by atoms with van der Waals surface area (Å²) in [7, 11) is 4.03. The number of aromatic nitrogens is 2. The summed E-state index contributed by atoms with van der Waals surface area (Å²) in [6.07, 6.45) is 7.99. The fourth-order valence-electron chi connectivity index (χ4n) is 3.18. The van der Waals surface area contributed by atoms with E-state index >= 15 is 0 Å². The molecule has 0 saturated heterocycles. The van der Waals surface area contributed by atoms with Crippen molar-refractivity contribution in [3.05, 3.63) is 54.7 Å². The molecule has 152 valence electrons. The van der Waals surface area contributed by atoms with Gasteiger partial charge in [0.05, 0.1) is 0 Å². The van der Waals surface area contributed by atoms with Crippen LogP contribution in [-0.2, 0) is 11.2 Å². The van der Waals surface area contributed by atoms with Gasteiger partial charge in [-0.15, -0.1) is 0 Å². The van der Waals surface area contributed by atoms with Crippen LogP contribution in [0.4, 0.5) is 5.69 Å². The second-order valence-corrected chi connectivity index (χ2v) is 7.28. The first-order valence-electron chi connectivity index (χ1n) is 9.94. The molecule has 29 heavy (non-hydrogen) atoms. The summed E-state index contributed by atoms with van der Waals surface area (Å²) in [5.41, 5.74) is 3.86. The first-order valence-corrected chi connectivity index (χ1v) is 9.94. The van der Waals surface area contributed by atoms with E-state index in [1.54, 1.807) is 12.4 Å². The van der Waals surface area contributed by atoms with Crippen LogP contribution >= 0.6 is 0 Å². The number of oxazole rings is 1. The zero-order valence-corrected chi connectivity index (χ0v) is 17.0. The highest BCUT2D eigenvalue weighted by atomic mass is 16.4. The zero-order valence-electron chi connectivity index (χ0n) is 17.0. The monoisotopic (exact) mass is 393 g/mol. The van der Waals surface area contributed by atoms with E-state index in [0.717, 1.165) is 54.0 Å². The lowest BCUT2D eigenvalue weighted by atomic mass is 10.1. The quantitative estimate of drug-likeness (QED) is 0.486. The van der Waals surface area contributed by atoms with Crippen molar-refractivity contribution in [1.82, 2.24) is 9.97 Å². The molecule has 1 aromatic carbocycles. The Morgan fingerprint density at radius 2 is 1.79 bits per heavy atom. The minimum atomic E-state index is -0.733. The summed E-state index contributed by atoms with van der Waals surface area (Å²) in [6, 6.07) is 12.1. The van der Waals surface area contributed by atoms with E-state index in [4.69, 9.17) is 14.5 Å². The Morgan fingerprint density at radius 1 is 1.03 bits per heavy atom. The molecular weight excluding hydrogens is 366 g/mol. The third-order valence-electron chi connectivity index (χ3n) is 4.78. The standard InChI is InChI=1S/C23H27N3O3/c1-26(2)19-13-11-17(12-14-19)22-23(18-8-7-15-24-16-18)29-20(25-22)9-5-3-4-6-10-21(27)28/h7-8,11-16H,3-6,9-10H2,1-2H3,(H,27,28). The molecule has 0 amide bonds. The van der Waals surface area contributed by atoms with Gasteiger partial charge in [-0.3, -0.25) is 9.78 Å². The number of carboxylic acid groups (broad SMARTS) is 1. The van der Waals surface area contributed by atoms with Crippen molar-refractivity contribution in [2.75, 3.05) is 19.0 Å². The molecule has 6 heteroatoms. The van der Waals surface area contributed by atoms with Crippen LogP contribution in [0.2, 0.25) is 0 Å². The van der Waals surface area contributed by atoms with E-state index < -0.39 is 5.97 Å². The molecule has 0 spiro atoms. The van der Waals surface area contributed by atoms with Gasteiger partial charge in [-0.05, 0) is 37.1 Å². The van der Waals surface area contributed by atoms with Crippen molar-refractivity contribution < 1.29 is 14.3 Å². The van der Waals surface area contributed by atoms with Crippen LogP contribution in [-0.4, -0.2) is 35.1 Å². The topological polar surface area (TPSA) is 79.5 Å². The van der Waals surface area contributed by atoms with Crippen molar-refractivity contribution in [2.24, 2.45) is 0 Å². The molecule has 1 N–H and O–H groups in total. The lowest BCUT2D eigenvalue weighted by molar-refractivity contribution is -0.137. The molecule has 0 bridgehead atoms. The maximum atomic E-state index is 10.6. The molecule has 0 radical (unpaired) electrons. The van der Waals surface area contributed by atoms with Crippen LogP contribution < -0.4 is 4.90 Å². The van der Waals surface area contributed by atoms with Gasteiger partial charge in [-0.2, -0.15) is 0 Å². The molecular formula is C23H27N3O3. The van der Waals surface area contributed by atoms with Gasteiger partial charge in [0, 0.05) is 56.1 Å². The molecule has 0 aliphatic carbocycles. The van der Waals surface area contributed by atoms with E-state index in [2.05, 4.69) is 34.1 Å². The number of pyridine rings is 1. The average molecular weight is 393 g/mol. The fourth-order valence-corrected chi connectivity index (χ4v) is 3.18. The number of unbranched alkanes of at least 4 members (excludes halogenated alkanes) is 3. The predicted octanol–water partition coefficient (Wildman–Crippen LogP) is 5.05. The number of benzene rings is 1. The lowest BCUT2D eigenvalue weighted by Gasteiger charge is -2.12. The molecule has 0 atom stereocenters. The highest BCUT2D eigenvalue weighted by Crippen LogP contribution is 2.33. The summed E-state index contributed by atoms with van der Waals surface area (Å²) in [5, 5.41) is 8.71. The van der Waals surface area contributed by atoms with Crippen molar-refractivity contribution >= 4 is 11.7 Å². The Labute approximate surface area is 171 Å². The number of hydrogen-bond acceptors (Lipinski definition) is 5. The third kappa shape index (κ3) is 5.67. The Kier molecular flexibility index (Phi) is 7.00. The Hall–Kier alpha value is -3.15. The molecule has 0 unspecified atom stereocenters. The summed E-state index contributed by atoms with van der Waals surface area (Å²) in [4.78, 5) is 21.6. The molecule has 3 aromatic rings. The maximum Gasteiger partial charge on any atom is 0.303 e. The fraction of sp³-hybridized carbons (Fsp3) is 0.348. The predicted molar refractivity (Wildman–Crippen MR) is 114 cm³/mol. The van der Waals surface area contributed by atoms with E-state index in [9.17, 15) is 4.79 Å². The number of nitrogens with zero attached hydrogens (tertiary/aromatic N) is 3. The largest absolute Gasteiger partial charge is 0.481 e. The summed E-state index contributed by atoms with van der Waals surface area (Å²) < 4.78 is 6.12. The Balaban J connectivity index is 1.76. The molecule has 6 nitrogen and oxygen atoms in total. The van der Waals surface area contributed by atoms with Gasteiger partial charge in [0.15, 0.2) is 11.7 Å². The molecule has 0 saturated carbocycles. The van der Waals surface area contributed by atoms with Gasteiger partial charge in [0.1, 0.15) is 5.69 Å². The van der Waals surface area contributed by atoms with Gasteiger partial charge in [-0.1, -0.05) is 25.0 Å². The van der Waals surface area contributed by atoms with Crippen LogP contribution in [0.25, 0.3) is 22.6 Å². The van der Waals surface area contributed by atoms with Gasteiger partial charge in [0.2, 0.25) is 0 Å². The van der Waals surface area contributed by atoms with Crippen LogP contribution in [0, 0.1) is 0 Å². The maximum absolute atomic E-state index is 10.6. The van der Waals surface area contributed by atoms with E-state index in [1.807, 2.05) is 26.2 Å². The van der Waals surface area contributed by atoms with Crippen LogP contribution in [0.15, 0.2) is 53.2 Å². The van der Waals surface area contributed by atoms with E-state index in [-0.39, 0.29) is 6.42 Å². The lowest BCUT2D eigenvalue weighted by Crippen LogP contribution is -2.07. The van der Waals surface area contributed by atoms with Crippen molar-refractivity contribution in [3.63, 3.8) is 0 Å². The first kappa shape index (κ1) is 20.6. The highest BCUT2D eigenvalue weighted by molar-refractivity contribution is 5.77. The van der Waals surface area contributed by atoms with Crippen molar-refractivity contribution in [2.45, 2.75) is 38.5 Å². The van der Waals surface area contributed by atoms with Crippen LogP contribution in [0.1, 0.15) is 38.0 Å². The van der Waals surface area contributed by atoms with Crippen molar-refractivity contribution in [1.29, 1.82) is 0 Å².